The van der Waals surface area contributed by atoms with Crippen molar-refractivity contribution in [1.82, 2.24) is 25.0 Å². The smallest absolute Gasteiger partial charge is 0.260 e. The predicted molar refractivity (Wildman–Crippen MR) is 114 cm³/mol. The van der Waals surface area contributed by atoms with Crippen LogP contribution in [0.5, 0.6) is 0 Å². The molecule has 0 bridgehead atoms. The molecule has 4 aromatic rings. The van der Waals surface area contributed by atoms with Gasteiger partial charge in [0.15, 0.2) is 5.82 Å². The van der Waals surface area contributed by atoms with E-state index in [0.29, 0.717) is 30.4 Å². The average molecular weight is 398 g/mol. The van der Waals surface area contributed by atoms with Gasteiger partial charge in [-0.1, -0.05) is 42.0 Å². The minimum atomic E-state index is -0.0362. The molecule has 150 valence electrons. The highest BCUT2D eigenvalue weighted by Crippen LogP contribution is 2.31. The van der Waals surface area contributed by atoms with E-state index in [1.807, 2.05) is 36.5 Å². The molecule has 1 aliphatic rings. The highest BCUT2D eigenvalue weighted by atomic mass is 16.2. The van der Waals surface area contributed by atoms with Crippen molar-refractivity contribution < 1.29 is 4.79 Å². The molecule has 1 aliphatic carbocycles. The van der Waals surface area contributed by atoms with E-state index < -0.39 is 0 Å². The summed E-state index contributed by atoms with van der Waals surface area (Å²) < 4.78 is 1.78. The van der Waals surface area contributed by atoms with Crippen LogP contribution in [0.4, 0.5) is 5.82 Å². The van der Waals surface area contributed by atoms with E-state index in [9.17, 15) is 4.79 Å². The Hall–Kier alpha value is -3.61. The van der Waals surface area contributed by atoms with Gasteiger partial charge in [0, 0.05) is 30.7 Å². The molecule has 0 aliphatic heterocycles. The second-order valence-corrected chi connectivity index (χ2v) is 7.69. The molecule has 0 unspecified atom stereocenters. The van der Waals surface area contributed by atoms with E-state index >= 15 is 0 Å². The number of anilines is 1. The van der Waals surface area contributed by atoms with Gasteiger partial charge in [0.2, 0.25) is 0 Å². The van der Waals surface area contributed by atoms with Crippen molar-refractivity contribution in [3.05, 3.63) is 78.5 Å². The Labute approximate surface area is 174 Å². The quantitative estimate of drug-likeness (QED) is 0.495. The molecule has 2 aromatic carbocycles. The third-order valence-corrected chi connectivity index (χ3v) is 5.79. The first-order chi connectivity index (χ1) is 14.8. The molecule has 0 N–H and O–H groups in total. The van der Waals surface area contributed by atoms with Crippen molar-refractivity contribution >= 4 is 22.5 Å². The lowest BCUT2D eigenvalue weighted by atomic mass is 9.85. The minimum Gasteiger partial charge on any atom is -0.291 e. The fraction of sp³-hybridized carbons (Fsp3) is 0.261. The van der Waals surface area contributed by atoms with Gasteiger partial charge >= 0.3 is 0 Å². The van der Waals surface area contributed by atoms with Crippen LogP contribution in [0.15, 0.2) is 67.4 Å². The monoisotopic (exact) mass is 398 g/mol. The number of benzene rings is 2. The lowest BCUT2D eigenvalue weighted by Gasteiger charge is -2.32. The summed E-state index contributed by atoms with van der Waals surface area (Å²) in [5.74, 6) is 1.09. The molecule has 0 spiro atoms. The Kier molecular flexibility index (Phi) is 4.93. The summed E-state index contributed by atoms with van der Waals surface area (Å²) in [6, 6.07) is 12.0. The van der Waals surface area contributed by atoms with Gasteiger partial charge < -0.3 is 0 Å². The SMILES string of the molecule is O=C(c1ccc(Cn2ccnn2)c2ccccc12)N(CC1CCC1)c1cnccn1. The van der Waals surface area contributed by atoms with Crippen LogP contribution in [-0.4, -0.2) is 37.4 Å². The topological polar surface area (TPSA) is 76.8 Å². The molecular weight excluding hydrogens is 376 g/mol. The molecule has 0 saturated heterocycles. The molecule has 30 heavy (non-hydrogen) atoms. The first-order valence-corrected chi connectivity index (χ1v) is 10.2. The molecule has 0 radical (unpaired) electrons. The highest BCUT2D eigenvalue weighted by Gasteiger charge is 2.27. The van der Waals surface area contributed by atoms with E-state index in [2.05, 4.69) is 26.3 Å². The summed E-state index contributed by atoms with van der Waals surface area (Å²) in [4.78, 5) is 24.1. The van der Waals surface area contributed by atoms with Gasteiger partial charge in [0.25, 0.3) is 5.91 Å². The molecule has 0 atom stereocenters. The highest BCUT2D eigenvalue weighted by molar-refractivity contribution is 6.14. The standard InChI is InChI=1S/C23H22N6O/c30-23(29(15-17-4-3-5-17)22-14-24-10-11-25-22)21-9-8-18(16-28-13-12-26-27-28)19-6-1-2-7-20(19)21/h1-2,6-14,17H,3-5,15-16H2. The molecule has 2 heterocycles. The Morgan fingerprint density at radius 2 is 1.93 bits per heavy atom. The molecule has 1 fully saturated rings. The first-order valence-electron chi connectivity index (χ1n) is 10.2. The summed E-state index contributed by atoms with van der Waals surface area (Å²) in [7, 11) is 0. The van der Waals surface area contributed by atoms with E-state index in [0.717, 1.165) is 29.2 Å². The number of carbonyl (C=O) groups excluding carboxylic acids is 1. The minimum absolute atomic E-state index is 0.0362. The van der Waals surface area contributed by atoms with Crippen LogP contribution < -0.4 is 4.90 Å². The number of carbonyl (C=O) groups is 1. The third-order valence-electron chi connectivity index (χ3n) is 5.79. The third kappa shape index (κ3) is 3.54. The van der Waals surface area contributed by atoms with Crippen molar-refractivity contribution in [1.29, 1.82) is 0 Å². The zero-order valence-corrected chi connectivity index (χ0v) is 16.6. The number of fused-ring (bicyclic) bond motifs is 1. The summed E-state index contributed by atoms with van der Waals surface area (Å²) in [5.41, 5.74) is 1.77. The molecule has 1 saturated carbocycles. The summed E-state index contributed by atoms with van der Waals surface area (Å²) >= 11 is 0. The lowest BCUT2D eigenvalue weighted by molar-refractivity contribution is 0.0978. The normalized spacial score (nSPS) is 13.9. The van der Waals surface area contributed by atoms with E-state index in [4.69, 9.17) is 0 Å². The predicted octanol–water partition coefficient (Wildman–Crippen LogP) is 3.72. The maximum atomic E-state index is 13.7. The average Bonchev–Trinajstić information content (AvgIpc) is 3.27. The largest absolute Gasteiger partial charge is 0.291 e. The van der Waals surface area contributed by atoms with Gasteiger partial charge in [-0.2, -0.15) is 0 Å². The van der Waals surface area contributed by atoms with Crippen LogP contribution in [-0.2, 0) is 6.54 Å². The number of rotatable bonds is 6. The number of nitrogens with zero attached hydrogens (tertiary/aromatic N) is 6. The molecule has 7 heteroatoms. The van der Waals surface area contributed by atoms with Gasteiger partial charge in [-0.05, 0) is 41.2 Å². The van der Waals surface area contributed by atoms with Crippen LogP contribution in [0, 0.1) is 5.92 Å². The summed E-state index contributed by atoms with van der Waals surface area (Å²) in [6.45, 7) is 1.28. The number of hydrogen-bond donors (Lipinski definition) is 0. The Morgan fingerprint density at radius 1 is 1.07 bits per heavy atom. The Balaban J connectivity index is 1.54. The molecule has 1 amide bonds. The van der Waals surface area contributed by atoms with Gasteiger partial charge in [0.1, 0.15) is 0 Å². The van der Waals surface area contributed by atoms with E-state index in [1.54, 1.807) is 34.4 Å². The first kappa shape index (κ1) is 18.4. The van der Waals surface area contributed by atoms with Crippen molar-refractivity contribution in [2.24, 2.45) is 5.92 Å². The lowest BCUT2D eigenvalue weighted by Crippen LogP contribution is -2.38. The molecular formula is C23H22N6O. The van der Waals surface area contributed by atoms with Crippen LogP contribution in [0.2, 0.25) is 0 Å². The maximum Gasteiger partial charge on any atom is 0.260 e. The molecule has 5 rings (SSSR count). The maximum absolute atomic E-state index is 13.7. The zero-order valence-electron chi connectivity index (χ0n) is 16.6. The van der Waals surface area contributed by atoms with Crippen LogP contribution >= 0.6 is 0 Å². The summed E-state index contributed by atoms with van der Waals surface area (Å²) in [5, 5.41) is 9.93. The van der Waals surface area contributed by atoms with Crippen LogP contribution in [0.25, 0.3) is 10.8 Å². The van der Waals surface area contributed by atoms with E-state index in [1.165, 1.54) is 6.42 Å². The van der Waals surface area contributed by atoms with Gasteiger partial charge in [-0.25, -0.2) is 9.67 Å². The van der Waals surface area contributed by atoms with Crippen LogP contribution in [0.3, 0.4) is 0 Å². The second-order valence-electron chi connectivity index (χ2n) is 7.69. The Morgan fingerprint density at radius 3 is 2.63 bits per heavy atom. The van der Waals surface area contributed by atoms with Crippen molar-refractivity contribution in [2.45, 2.75) is 25.8 Å². The van der Waals surface area contributed by atoms with Crippen LogP contribution in [0.1, 0.15) is 35.2 Å². The zero-order chi connectivity index (χ0) is 20.3. The number of aromatic nitrogens is 5. The van der Waals surface area contributed by atoms with Crippen molar-refractivity contribution in [2.75, 3.05) is 11.4 Å². The molecule has 7 nitrogen and oxygen atoms in total. The number of amides is 1. The van der Waals surface area contributed by atoms with Crippen molar-refractivity contribution in [3.63, 3.8) is 0 Å². The number of hydrogen-bond acceptors (Lipinski definition) is 5. The summed E-state index contributed by atoms with van der Waals surface area (Å²) in [6.07, 6.45) is 12.0. The fourth-order valence-electron chi connectivity index (χ4n) is 3.97. The second kappa shape index (κ2) is 8.02. The van der Waals surface area contributed by atoms with Gasteiger partial charge in [-0.3, -0.25) is 14.7 Å². The van der Waals surface area contributed by atoms with E-state index in [-0.39, 0.29) is 5.91 Å². The van der Waals surface area contributed by atoms with Gasteiger partial charge in [-0.15, -0.1) is 5.10 Å². The fourth-order valence-corrected chi connectivity index (χ4v) is 3.97. The molecule has 2 aromatic heterocycles. The van der Waals surface area contributed by atoms with Crippen molar-refractivity contribution in [3.8, 4) is 0 Å². The Bertz CT molecular complexity index is 1160. The van der Waals surface area contributed by atoms with Gasteiger partial charge in [0.05, 0.1) is 18.9 Å².